The van der Waals surface area contributed by atoms with Crippen LogP contribution in [0.3, 0.4) is 0 Å². The molecule has 1 aliphatic heterocycles. The molecule has 0 aromatic rings. The van der Waals surface area contributed by atoms with Crippen molar-refractivity contribution in [3.05, 3.63) is 0 Å². The Kier molecular flexibility index (Phi) is 3.44. The van der Waals surface area contributed by atoms with Crippen LogP contribution in [-0.2, 0) is 4.79 Å². The van der Waals surface area contributed by atoms with Gasteiger partial charge < -0.3 is 0 Å². The van der Waals surface area contributed by atoms with Gasteiger partial charge in [0.2, 0.25) is 0 Å². The van der Waals surface area contributed by atoms with Gasteiger partial charge >= 0.3 is 0 Å². The van der Waals surface area contributed by atoms with E-state index >= 15 is 0 Å². The monoisotopic (exact) mass is 207 g/mol. The smallest absolute Gasteiger partial charge is 0.161 e. The van der Waals surface area contributed by atoms with Gasteiger partial charge in [-0.05, 0) is 13.8 Å². The molecule has 0 bridgehead atoms. The lowest BCUT2D eigenvalue weighted by atomic mass is 10.3. The minimum Gasteiger partial charge on any atom is -0.297 e. The zero-order chi connectivity index (χ0) is 9.19. The van der Waals surface area contributed by atoms with Gasteiger partial charge in [0.15, 0.2) is 5.78 Å². The summed E-state index contributed by atoms with van der Waals surface area (Å²) in [6.45, 7) is 5.79. The maximum atomic E-state index is 11.1. The average molecular weight is 208 g/mol. The minimum atomic E-state index is 0.113. The number of thioether (sulfide) groups is 1. The molecular formula is C8H14ClNOS. The second-order valence-electron chi connectivity index (χ2n) is 3.39. The van der Waals surface area contributed by atoms with Crippen LogP contribution in [0.4, 0.5) is 0 Å². The van der Waals surface area contributed by atoms with Crippen molar-refractivity contribution >= 4 is 29.1 Å². The second-order valence-corrected chi connectivity index (χ2v) is 5.35. The van der Waals surface area contributed by atoms with Gasteiger partial charge in [0, 0.05) is 12.3 Å². The third-order valence-corrected chi connectivity index (χ3v) is 3.74. The van der Waals surface area contributed by atoms with Gasteiger partial charge in [-0.1, -0.05) is 0 Å². The normalized spacial score (nSPS) is 22.9. The van der Waals surface area contributed by atoms with Crippen molar-refractivity contribution in [2.75, 3.05) is 24.7 Å². The quantitative estimate of drug-likeness (QED) is 0.656. The highest BCUT2D eigenvalue weighted by molar-refractivity contribution is 8.00. The molecule has 2 nitrogen and oxygen atoms in total. The van der Waals surface area contributed by atoms with Crippen LogP contribution in [0.15, 0.2) is 0 Å². The Bertz CT molecular complexity index is 184. The zero-order valence-electron chi connectivity index (χ0n) is 7.47. The number of alkyl halides is 1. The summed E-state index contributed by atoms with van der Waals surface area (Å²) in [5.41, 5.74) is 0. The van der Waals surface area contributed by atoms with Crippen molar-refractivity contribution in [2.45, 2.75) is 18.7 Å². The summed E-state index contributed by atoms with van der Waals surface area (Å²) in [5, 5.41) is 0. The molecule has 1 saturated heterocycles. The van der Waals surface area contributed by atoms with Crippen LogP contribution in [0.5, 0.6) is 0 Å². The molecule has 0 atom stereocenters. The van der Waals surface area contributed by atoms with E-state index in [4.69, 9.17) is 11.6 Å². The van der Waals surface area contributed by atoms with E-state index in [1.54, 1.807) is 0 Å². The Labute approximate surface area is 82.6 Å². The summed E-state index contributed by atoms with van der Waals surface area (Å²) in [6, 6.07) is 0. The van der Waals surface area contributed by atoms with Gasteiger partial charge in [0.05, 0.1) is 17.3 Å². The lowest BCUT2D eigenvalue weighted by molar-refractivity contribution is -0.118. The Morgan fingerprint density at radius 3 is 2.75 bits per heavy atom. The van der Waals surface area contributed by atoms with Crippen LogP contribution < -0.4 is 0 Å². The maximum absolute atomic E-state index is 11.1. The number of carbonyl (C=O) groups excluding carboxylic acids is 1. The Morgan fingerprint density at radius 2 is 2.33 bits per heavy atom. The first-order valence-corrected chi connectivity index (χ1v) is 5.55. The van der Waals surface area contributed by atoms with Crippen molar-refractivity contribution in [1.82, 2.24) is 4.90 Å². The lowest BCUT2D eigenvalue weighted by Crippen LogP contribution is -2.40. The Balaban J connectivity index is 2.47. The average Bonchev–Trinajstić information content (AvgIpc) is 2.31. The molecule has 12 heavy (non-hydrogen) atoms. The summed E-state index contributed by atoms with van der Waals surface area (Å²) < 4.78 is 0. The molecule has 0 saturated carbocycles. The van der Waals surface area contributed by atoms with E-state index < -0.39 is 0 Å². The zero-order valence-corrected chi connectivity index (χ0v) is 9.04. The molecule has 1 rings (SSSR count). The van der Waals surface area contributed by atoms with Crippen LogP contribution in [-0.4, -0.2) is 40.3 Å². The number of Topliss-reactive ketones (excluding diaryl/α,β-unsaturated/α-hetero) is 1. The largest absolute Gasteiger partial charge is 0.297 e. The molecule has 4 heteroatoms. The first-order valence-electron chi connectivity index (χ1n) is 4.03. The van der Waals surface area contributed by atoms with Gasteiger partial charge in [-0.2, -0.15) is 0 Å². The number of hydrogen-bond acceptors (Lipinski definition) is 3. The number of nitrogens with zero attached hydrogens (tertiary/aromatic N) is 1. The predicted molar refractivity (Wildman–Crippen MR) is 53.8 cm³/mol. The third-order valence-electron chi connectivity index (χ3n) is 2.09. The van der Waals surface area contributed by atoms with Crippen molar-refractivity contribution in [3.8, 4) is 0 Å². The standard InChI is InChI=1S/C8H14ClNOS/c1-8(2)10(3-4-12-8)6-7(11)5-9/h3-6H2,1-2H3. The minimum absolute atomic E-state index is 0.113. The van der Waals surface area contributed by atoms with Gasteiger partial charge in [-0.25, -0.2) is 0 Å². The van der Waals surface area contributed by atoms with E-state index in [1.807, 2.05) is 11.8 Å². The summed E-state index contributed by atoms with van der Waals surface area (Å²) in [7, 11) is 0. The number of halogens is 1. The molecule has 0 aromatic carbocycles. The van der Waals surface area contributed by atoms with Crippen molar-refractivity contribution in [3.63, 3.8) is 0 Å². The highest BCUT2D eigenvalue weighted by Gasteiger charge is 2.33. The molecule has 0 spiro atoms. The van der Waals surface area contributed by atoms with Crippen molar-refractivity contribution in [2.24, 2.45) is 0 Å². The Morgan fingerprint density at radius 1 is 1.67 bits per heavy atom. The first kappa shape index (κ1) is 10.4. The number of hydrogen-bond donors (Lipinski definition) is 0. The fraction of sp³-hybridized carbons (Fsp3) is 0.875. The molecule has 0 aromatic heterocycles. The molecule has 0 unspecified atom stereocenters. The third kappa shape index (κ3) is 2.38. The predicted octanol–water partition coefficient (Wildman–Crippen LogP) is 1.58. The van der Waals surface area contributed by atoms with Gasteiger partial charge in [-0.3, -0.25) is 9.69 Å². The SMILES string of the molecule is CC1(C)SCCN1CC(=O)CCl. The molecule has 0 N–H and O–H groups in total. The molecule has 1 heterocycles. The highest BCUT2D eigenvalue weighted by atomic mass is 35.5. The van der Waals surface area contributed by atoms with E-state index in [0.29, 0.717) is 6.54 Å². The highest BCUT2D eigenvalue weighted by Crippen LogP contribution is 2.34. The van der Waals surface area contributed by atoms with E-state index in [2.05, 4.69) is 18.7 Å². The van der Waals surface area contributed by atoms with Gasteiger partial charge in [0.25, 0.3) is 0 Å². The molecule has 0 aliphatic carbocycles. The van der Waals surface area contributed by atoms with Crippen LogP contribution >= 0.6 is 23.4 Å². The van der Waals surface area contributed by atoms with Gasteiger partial charge in [-0.15, -0.1) is 23.4 Å². The summed E-state index contributed by atoms with van der Waals surface area (Å²) >= 11 is 7.33. The van der Waals surface area contributed by atoms with E-state index in [9.17, 15) is 4.79 Å². The molecule has 1 fully saturated rings. The van der Waals surface area contributed by atoms with Crippen LogP contribution in [0.2, 0.25) is 0 Å². The summed E-state index contributed by atoms with van der Waals surface area (Å²) in [5.74, 6) is 1.37. The second kappa shape index (κ2) is 3.99. The molecular weight excluding hydrogens is 194 g/mol. The first-order chi connectivity index (χ1) is 5.56. The van der Waals surface area contributed by atoms with E-state index in [-0.39, 0.29) is 16.5 Å². The van der Waals surface area contributed by atoms with E-state index in [0.717, 1.165) is 12.3 Å². The van der Waals surface area contributed by atoms with Crippen LogP contribution in [0, 0.1) is 0 Å². The summed E-state index contributed by atoms with van der Waals surface area (Å²) in [4.78, 5) is 13.4. The fourth-order valence-electron chi connectivity index (χ4n) is 1.29. The number of rotatable bonds is 3. The van der Waals surface area contributed by atoms with Crippen LogP contribution in [0.25, 0.3) is 0 Å². The summed E-state index contributed by atoms with van der Waals surface area (Å²) in [6.07, 6.45) is 0. The molecule has 0 amide bonds. The topological polar surface area (TPSA) is 20.3 Å². The maximum Gasteiger partial charge on any atom is 0.161 e. The number of ketones is 1. The molecule has 1 aliphatic rings. The number of carbonyl (C=O) groups is 1. The van der Waals surface area contributed by atoms with Gasteiger partial charge in [0.1, 0.15) is 0 Å². The Hall–Kier alpha value is 0.270. The van der Waals surface area contributed by atoms with E-state index in [1.165, 1.54) is 0 Å². The molecule has 0 radical (unpaired) electrons. The van der Waals surface area contributed by atoms with Crippen molar-refractivity contribution in [1.29, 1.82) is 0 Å². The fourth-order valence-corrected chi connectivity index (χ4v) is 2.52. The van der Waals surface area contributed by atoms with Crippen LogP contribution in [0.1, 0.15) is 13.8 Å². The molecule has 70 valence electrons. The lowest BCUT2D eigenvalue weighted by Gasteiger charge is -2.29. The van der Waals surface area contributed by atoms with Crippen molar-refractivity contribution < 1.29 is 4.79 Å².